The minimum atomic E-state index is 0.155. The number of hydrogen-bond donors (Lipinski definition) is 0. The number of nitrogens with zero attached hydrogens (tertiary/aromatic N) is 3. The normalized spacial score (nSPS) is 12.7. The molecule has 0 spiro atoms. The van der Waals surface area contributed by atoms with Gasteiger partial charge in [-0.15, -0.1) is 15.0 Å². The third kappa shape index (κ3) is 6.54. The maximum atomic E-state index is 5.81. The second kappa shape index (κ2) is 10.7. The maximum Gasteiger partial charge on any atom is 0.326 e. The molecule has 0 atom stereocenters. The van der Waals surface area contributed by atoms with E-state index in [1.54, 1.807) is 0 Å². The molecule has 0 unspecified atom stereocenters. The Morgan fingerprint density at radius 1 is 0.613 bits per heavy atom. The minimum absolute atomic E-state index is 0.155. The molecule has 31 heavy (non-hydrogen) atoms. The van der Waals surface area contributed by atoms with Crippen LogP contribution in [-0.2, 0) is 13.2 Å². The lowest BCUT2D eigenvalue weighted by Gasteiger charge is -2.10. The van der Waals surface area contributed by atoms with Crippen molar-refractivity contribution in [2.45, 2.75) is 19.6 Å². The highest BCUT2D eigenvalue weighted by Crippen LogP contribution is 2.18. The lowest BCUT2D eigenvalue weighted by molar-refractivity contribution is 0.232. The van der Waals surface area contributed by atoms with Gasteiger partial charge in [0.1, 0.15) is 19.8 Å². The zero-order valence-corrected chi connectivity index (χ0v) is 17.1. The van der Waals surface area contributed by atoms with E-state index >= 15 is 0 Å². The SMILES string of the molecule is C1=CCC=CC(COc2nc(OCc3ccccc3)nc(OCc3ccccc3)n2)=C1. The molecule has 0 aliphatic heterocycles. The Morgan fingerprint density at radius 2 is 1.13 bits per heavy atom. The van der Waals surface area contributed by atoms with Crippen LogP contribution in [0.15, 0.2) is 96.6 Å². The summed E-state index contributed by atoms with van der Waals surface area (Å²) in [5, 5.41) is 0. The lowest BCUT2D eigenvalue weighted by Crippen LogP contribution is -2.09. The van der Waals surface area contributed by atoms with Gasteiger partial charge in [0, 0.05) is 0 Å². The molecule has 1 aliphatic carbocycles. The van der Waals surface area contributed by atoms with Crippen molar-refractivity contribution >= 4 is 0 Å². The van der Waals surface area contributed by atoms with Gasteiger partial charge in [0.05, 0.1) is 0 Å². The maximum absolute atomic E-state index is 5.81. The Hall–Kier alpha value is -3.93. The Kier molecular flexibility index (Phi) is 7.05. The number of rotatable bonds is 9. The van der Waals surface area contributed by atoms with Gasteiger partial charge < -0.3 is 14.2 Å². The van der Waals surface area contributed by atoms with Crippen molar-refractivity contribution in [1.29, 1.82) is 0 Å². The van der Waals surface area contributed by atoms with E-state index in [0.29, 0.717) is 19.8 Å². The predicted octanol–water partition coefficient (Wildman–Crippen LogP) is 4.85. The van der Waals surface area contributed by atoms with Gasteiger partial charge >= 0.3 is 18.0 Å². The smallest absolute Gasteiger partial charge is 0.326 e. The highest BCUT2D eigenvalue weighted by Gasteiger charge is 2.11. The quantitative estimate of drug-likeness (QED) is 0.500. The average Bonchev–Trinajstić information content (AvgIpc) is 3.10. The highest BCUT2D eigenvalue weighted by atomic mass is 16.5. The number of ether oxygens (including phenoxy) is 3. The van der Waals surface area contributed by atoms with Crippen LogP contribution in [0.25, 0.3) is 0 Å². The summed E-state index contributed by atoms with van der Waals surface area (Å²) in [6.45, 7) is 1.00. The molecule has 0 saturated heterocycles. The first-order valence-electron chi connectivity index (χ1n) is 10.1. The average molecular weight is 413 g/mol. The molecular formula is C25H23N3O3. The number of allylic oxidation sites excluding steroid dienone is 4. The standard InChI is InChI=1S/C25H23N3O3/c1-2-6-12-20(11-5-1)17-29-23-26-24(30-18-21-13-7-3-8-14-21)28-25(27-23)31-19-22-15-9-4-10-16-22/h1,3-16H,2,17-19H2. The Balaban J connectivity index is 1.47. The van der Waals surface area contributed by atoms with Crippen molar-refractivity contribution in [2.75, 3.05) is 6.61 Å². The summed E-state index contributed by atoms with van der Waals surface area (Å²) < 4.78 is 17.4. The van der Waals surface area contributed by atoms with Crippen LogP contribution in [0.4, 0.5) is 0 Å². The van der Waals surface area contributed by atoms with E-state index in [-0.39, 0.29) is 18.0 Å². The van der Waals surface area contributed by atoms with E-state index in [0.717, 1.165) is 23.1 Å². The Bertz CT molecular complexity index is 1000. The van der Waals surface area contributed by atoms with Crippen molar-refractivity contribution in [2.24, 2.45) is 0 Å². The third-order valence-electron chi connectivity index (χ3n) is 4.41. The fraction of sp³-hybridized carbons (Fsp3) is 0.160. The Labute approximate surface area is 181 Å². The molecule has 0 amide bonds. The van der Waals surface area contributed by atoms with Crippen LogP contribution in [0.1, 0.15) is 17.5 Å². The van der Waals surface area contributed by atoms with Gasteiger partial charge in [0.15, 0.2) is 0 Å². The zero-order valence-electron chi connectivity index (χ0n) is 17.1. The van der Waals surface area contributed by atoms with Crippen molar-refractivity contribution < 1.29 is 14.2 Å². The molecule has 2 aromatic carbocycles. The Morgan fingerprint density at radius 3 is 1.68 bits per heavy atom. The van der Waals surface area contributed by atoms with Crippen LogP contribution in [0.3, 0.4) is 0 Å². The van der Waals surface area contributed by atoms with Gasteiger partial charge in [0.2, 0.25) is 0 Å². The molecule has 1 aromatic heterocycles. The van der Waals surface area contributed by atoms with E-state index < -0.39 is 0 Å². The van der Waals surface area contributed by atoms with Crippen LogP contribution in [-0.4, -0.2) is 21.6 Å². The summed E-state index contributed by atoms with van der Waals surface area (Å²) in [5.74, 6) is 0. The van der Waals surface area contributed by atoms with E-state index in [4.69, 9.17) is 14.2 Å². The first-order chi connectivity index (χ1) is 15.3. The predicted molar refractivity (Wildman–Crippen MR) is 118 cm³/mol. The van der Waals surface area contributed by atoms with Crippen LogP contribution >= 0.6 is 0 Å². The highest BCUT2D eigenvalue weighted by molar-refractivity contribution is 5.28. The molecule has 6 heteroatoms. The van der Waals surface area contributed by atoms with Crippen LogP contribution in [0.5, 0.6) is 18.0 Å². The van der Waals surface area contributed by atoms with Crippen LogP contribution in [0, 0.1) is 0 Å². The summed E-state index contributed by atoms with van der Waals surface area (Å²) >= 11 is 0. The van der Waals surface area contributed by atoms with Crippen LogP contribution < -0.4 is 14.2 Å². The minimum Gasteiger partial charge on any atom is -0.458 e. The van der Waals surface area contributed by atoms with Gasteiger partial charge in [0.25, 0.3) is 0 Å². The molecule has 1 heterocycles. The first-order valence-corrected chi connectivity index (χ1v) is 10.1. The first kappa shape index (κ1) is 20.3. The van der Waals surface area contributed by atoms with Gasteiger partial charge in [-0.05, 0) is 23.1 Å². The zero-order chi connectivity index (χ0) is 21.1. The molecule has 0 saturated carbocycles. The summed E-state index contributed by atoms with van der Waals surface area (Å²) in [6, 6.07) is 20.1. The summed E-state index contributed by atoms with van der Waals surface area (Å²) in [7, 11) is 0. The molecule has 1 aliphatic rings. The monoisotopic (exact) mass is 413 g/mol. The van der Waals surface area contributed by atoms with E-state index in [1.165, 1.54) is 0 Å². The van der Waals surface area contributed by atoms with E-state index in [9.17, 15) is 0 Å². The molecule has 0 fully saturated rings. The summed E-state index contributed by atoms with van der Waals surface area (Å²) in [6.07, 6.45) is 11.1. The largest absolute Gasteiger partial charge is 0.458 e. The summed E-state index contributed by atoms with van der Waals surface area (Å²) in [4.78, 5) is 12.9. The molecule has 0 radical (unpaired) electrons. The molecular weight excluding hydrogens is 390 g/mol. The topological polar surface area (TPSA) is 66.4 Å². The molecule has 6 nitrogen and oxygen atoms in total. The molecule has 4 rings (SSSR count). The summed E-state index contributed by atoms with van der Waals surface area (Å²) in [5.41, 5.74) is 3.04. The van der Waals surface area contributed by atoms with Gasteiger partial charge in [-0.3, -0.25) is 0 Å². The molecule has 3 aromatic rings. The molecule has 0 bridgehead atoms. The van der Waals surface area contributed by atoms with Gasteiger partial charge in [-0.1, -0.05) is 91.0 Å². The molecule has 0 N–H and O–H groups in total. The van der Waals surface area contributed by atoms with Crippen molar-refractivity contribution in [3.8, 4) is 18.0 Å². The van der Waals surface area contributed by atoms with E-state index in [1.807, 2.05) is 78.9 Å². The number of benzene rings is 2. The third-order valence-corrected chi connectivity index (χ3v) is 4.41. The van der Waals surface area contributed by atoms with Gasteiger partial charge in [-0.2, -0.15) is 0 Å². The fourth-order valence-electron chi connectivity index (χ4n) is 2.83. The van der Waals surface area contributed by atoms with Crippen molar-refractivity contribution in [1.82, 2.24) is 15.0 Å². The van der Waals surface area contributed by atoms with Gasteiger partial charge in [-0.25, -0.2) is 0 Å². The number of hydrogen-bond acceptors (Lipinski definition) is 6. The van der Waals surface area contributed by atoms with E-state index in [2.05, 4.69) is 27.1 Å². The second-order valence-electron chi connectivity index (χ2n) is 6.83. The lowest BCUT2D eigenvalue weighted by atomic mass is 10.2. The fourth-order valence-corrected chi connectivity index (χ4v) is 2.83. The van der Waals surface area contributed by atoms with Crippen molar-refractivity contribution in [3.63, 3.8) is 0 Å². The molecule has 156 valence electrons. The van der Waals surface area contributed by atoms with Crippen LogP contribution in [0.2, 0.25) is 0 Å². The second-order valence-corrected chi connectivity index (χ2v) is 6.83. The number of aromatic nitrogens is 3. The van der Waals surface area contributed by atoms with Crippen molar-refractivity contribution in [3.05, 3.63) is 108 Å².